The Bertz CT molecular complexity index is 627. The first-order valence-corrected chi connectivity index (χ1v) is 6.98. The molecular formula is C18H17N. The summed E-state index contributed by atoms with van der Waals surface area (Å²) in [5.41, 5.74) is 5.87. The summed E-state index contributed by atoms with van der Waals surface area (Å²) < 4.78 is 0. The SMILES string of the molecule is C1=C2CNCC2C(c2ccccc2)c2ccccc21. The van der Waals surface area contributed by atoms with Gasteiger partial charge < -0.3 is 5.32 Å². The van der Waals surface area contributed by atoms with Crippen LogP contribution in [0.4, 0.5) is 0 Å². The molecule has 0 bridgehead atoms. The van der Waals surface area contributed by atoms with Crippen LogP contribution < -0.4 is 5.32 Å². The number of hydrogen-bond donors (Lipinski definition) is 1. The first-order chi connectivity index (χ1) is 9.43. The fourth-order valence-corrected chi connectivity index (χ4v) is 3.54. The van der Waals surface area contributed by atoms with Gasteiger partial charge in [0.25, 0.3) is 0 Å². The minimum atomic E-state index is 0.507. The minimum Gasteiger partial charge on any atom is -0.312 e. The van der Waals surface area contributed by atoms with Gasteiger partial charge in [-0.15, -0.1) is 0 Å². The Morgan fingerprint density at radius 2 is 1.68 bits per heavy atom. The molecule has 1 aliphatic heterocycles. The van der Waals surface area contributed by atoms with Crippen LogP contribution >= 0.6 is 0 Å². The maximum Gasteiger partial charge on any atom is 0.0173 e. The molecule has 1 aliphatic carbocycles. The van der Waals surface area contributed by atoms with E-state index in [0.29, 0.717) is 11.8 Å². The van der Waals surface area contributed by atoms with Crippen molar-refractivity contribution in [3.05, 3.63) is 76.9 Å². The second kappa shape index (κ2) is 4.36. The van der Waals surface area contributed by atoms with E-state index < -0.39 is 0 Å². The molecule has 19 heavy (non-hydrogen) atoms. The highest BCUT2D eigenvalue weighted by molar-refractivity contribution is 5.64. The van der Waals surface area contributed by atoms with Crippen molar-refractivity contribution in [2.24, 2.45) is 5.92 Å². The molecule has 1 heterocycles. The van der Waals surface area contributed by atoms with E-state index in [2.05, 4.69) is 66.0 Å². The zero-order chi connectivity index (χ0) is 12.7. The van der Waals surface area contributed by atoms with Gasteiger partial charge in [0.2, 0.25) is 0 Å². The lowest BCUT2D eigenvalue weighted by atomic mass is 9.73. The van der Waals surface area contributed by atoms with Gasteiger partial charge in [-0.3, -0.25) is 0 Å². The molecule has 0 radical (unpaired) electrons. The van der Waals surface area contributed by atoms with Crippen LogP contribution in [0.2, 0.25) is 0 Å². The lowest BCUT2D eigenvalue weighted by molar-refractivity contribution is 0.570. The van der Waals surface area contributed by atoms with Crippen LogP contribution in [-0.2, 0) is 0 Å². The van der Waals surface area contributed by atoms with Crippen LogP contribution in [-0.4, -0.2) is 13.1 Å². The monoisotopic (exact) mass is 247 g/mol. The van der Waals surface area contributed by atoms with Crippen molar-refractivity contribution in [3.63, 3.8) is 0 Å². The van der Waals surface area contributed by atoms with Gasteiger partial charge in [0.1, 0.15) is 0 Å². The minimum absolute atomic E-state index is 0.507. The molecule has 0 aromatic heterocycles. The average molecular weight is 247 g/mol. The topological polar surface area (TPSA) is 12.0 Å². The Kier molecular flexibility index (Phi) is 2.52. The van der Waals surface area contributed by atoms with Crippen molar-refractivity contribution >= 4 is 6.08 Å². The molecule has 1 fully saturated rings. The van der Waals surface area contributed by atoms with E-state index in [4.69, 9.17) is 0 Å². The smallest absolute Gasteiger partial charge is 0.0173 e. The summed E-state index contributed by atoms with van der Waals surface area (Å²) in [6.45, 7) is 2.14. The van der Waals surface area contributed by atoms with Crippen molar-refractivity contribution in [2.45, 2.75) is 5.92 Å². The van der Waals surface area contributed by atoms with Crippen LogP contribution in [0, 0.1) is 5.92 Å². The Labute approximate surface area is 114 Å². The number of rotatable bonds is 1. The maximum absolute atomic E-state index is 3.53. The Morgan fingerprint density at radius 3 is 2.58 bits per heavy atom. The highest BCUT2D eigenvalue weighted by atomic mass is 14.9. The maximum atomic E-state index is 3.53. The first kappa shape index (κ1) is 11.0. The summed E-state index contributed by atoms with van der Waals surface area (Å²) >= 11 is 0. The van der Waals surface area contributed by atoms with Crippen molar-refractivity contribution in [1.82, 2.24) is 5.32 Å². The summed E-state index contributed by atoms with van der Waals surface area (Å²) in [7, 11) is 0. The highest BCUT2D eigenvalue weighted by Gasteiger charge is 2.34. The summed E-state index contributed by atoms with van der Waals surface area (Å²) in [5, 5.41) is 3.53. The molecule has 1 nitrogen and oxygen atoms in total. The van der Waals surface area contributed by atoms with Crippen molar-refractivity contribution in [3.8, 4) is 0 Å². The van der Waals surface area contributed by atoms with E-state index in [-0.39, 0.29) is 0 Å². The molecular weight excluding hydrogens is 230 g/mol. The van der Waals surface area contributed by atoms with E-state index in [0.717, 1.165) is 13.1 Å². The molecule has 2 aliphatic rings. The molecule has 1 N–H and O–H groups in total. The van der Waals surface area contributed by atoms with Gasteiger partial charge in [0, 0.05) is 24.9 Å². The van der Waals surface area contributed by atoms with Gasteiger partial charge in [-0.2, -0.15) is 0 Å². The summed E-state index contributed by atoms with van der Waals surface area (Å²) in [6, 6.07) is 19.8. The van der Waals surface area contributed by atoms with Crippen LogP contribution in [0.5, 0.6) is 0 Å². The van der Waals surface area contributed by atoms with Crippen LogP contribution in [0.3, 0.4) is 0 Å². The molecule has 0 spiro atoms. The fraction of sp³-hybridized carbons (Fsp3) is 0.222. The van der Waals surface area contributed by atoms with Gasteiger partial charge in [0.05, 0.1) is 0 Å². The number of hydrogen-bond acceptors (Lipinski definition) is 1. The lowest BCUT2D eigenvalue weighted by Gasteiger charge is -2.30. The zero-order valence-corrected chi connectivity index (χ0v) is 10.8. The van der Waals surface area contributed by atoms with Crippen molar-refractivity contribution in [2.75, 3.05) is 13.1 Å². The van der Waals surface area contributed by atoms with E-state index in [1.807, 2.05) is 0 Å². The quantitative estimate of drug-likeness (QED) is 0.814. The third kappa shape index (κ3) is 1.73. The molecule has 1 heteroatoms. The average Bonchev–Trinajstić information content (AvgIpc) is 2.93. The van der Waals surface area contributed by atoms with Crippen molar-refractivity contribution in [1.29, 1.82) is 0 Å². The predicted molar refractivity (Wildman–Crippen MR) is 79.1 cm³/mol. The number of nitrogens with one attached hydrogen (secondary N) is 1. The Balaban J connectivity index is 1.91. The first-order valence-electron chi connectivity index (χ1n) is 6.98. The molecule has 2 atom stereocenters. The second-order valence-corrected chi connectivity index (χ2v) is 5.47. The van der Waals surface area contributed by atoms with E-state index in [1.165, 1.54) is 16.7 Å². The summed E-state index contributed by atoms with van der Waals surface area (Å²) in [6.07, 6.45) is 2.39. The van der Waals surface area contributed by atoms with Crippen LogP contribution in [0.25, 0.3) is 6.08 Å². The van der Waals surface area contributed by atoms with E-state index >= 15 is 0 Å². The van der Waals surface area contributed by atoms with E-state index in [9.17, 15) is 0 Å². The third-order valence-electron chi connectivity index (χ3n) is 4.40. The zero-order valence-electron chi connectivity index (χ0n) is 10.8. The summed E-state index contributed by atoms with van der Waals surface area (Å²) in [4.78, 5) is 0. The predicted octanol–water partition coefficient (Wildman–Crippen LogP) is 3.43. The molecule has 94 valence electrons. The van der Waals surface area contributed by atoms with Gasteiger partial charge in [-0.25, -0.2) is 0 Å². The number of fused-ring (bicyclic) bond motifs is 2. The largest absolute Gasteiger partial charge is 0.312 e. The summed E-state index contributed by atoms with van der Waals surface area (Å²) in [5.74, 6) is 1.13. The van der Waals surface area contributed by atoms with Gasteiger partial charge in [-0.1, -0.05) is 66.2 Å². The Hall–Kier alpha value is -1.86. The van der Waals surface area contributed by atoms with E-state index in [1.54, 1.807) is 5.57 Å². The molecule has 2 unspecified atom stereocenters. The lowest BCUT2D eigenvalue weighted by Crippen LogP contribution is -2.21. The van der Waals surface area contributed by atoms with Gasteiger partial charge >= 0.3 is 0 Å². The molecule has 2 aromatic rings. The van der Waals surface area contributed by atoms with Gasteiger partial charge in [-0.05, 0) is 16.7 Å². The molecule has 2 aromatic carbocycles. The van der Waals surface area contributed by atoms with Crippen molar-refractivity contribution < 1.29 is 0 Å². The Morgan fingerprint density at radius 1 is 0.895 bits per heavy atom. The highest BCUT2D eigenvalue weighted by Crippen LogP contribution is 2.43. The number of benzene rings is 2. The standard InChI is InChI=1S/C18H17N/c1-2-6-13(7-3-1)18-16-9-5-4-8-14(16)10-15-11-19-12-17(15)18/h1-10,17-19H,11-12H2. The molecule has 4 rings (SSSR count). The molecule has 0 amide bonds. The second-order valence-electron chi connectivity index (χ2n) is 5.47. The third-order valence-corrected chi connectivity index (χ3v) is 4.40. The fourth-order valence-electron chi connectivity index (χ4n) is 3.54. The van der Waals surface area contributed by atoms with Gasteiger partial charge in [0.15, 0.2) is 0 Å². The normalized spacial score (nSPS) is 24.5. The van der Waals surface area contributed by atoms with Crippen LogP contribution in [0.1, 0.15) is 22.6 Å². The molecule has 0 saturated carbocycles. The van der Waals surface area contributed by atoms with Crippen LogP contribution in [0.15, 0.2) is 60.2 Å². The molecule has 1 saturated heterocycles.